The van der Waals surface area contributed by atoms with E-state index in [1.165, 1.54) is 20.0 Å². The molecule has 0 aliphatic carbocycles. The molecule has 0 aliphatic heterocycles. The highest BCUT2D eigenvalue weighted by molar-refractivity contribution is 6.31. The van der Waals surface area contributed by atoms with E-state index >= 15 is 0 Å². The van der Waals surface area contributed by atoms with Crippen LogP contribution in [-0.2, 0) is 29.3 Å². The van der Waals surface area contributed by atoms with Crippen molar-refractivity contribution in [3.8, 4) is 45.6 Å². The Morgan fingerprint density at radius 3 is 2.05 bits per heavy atom. The first-order valence-corrected chi connectivity index (χ1v) is 19.1. The lowest BCUT2D eigenvalue weighted by Gasteiger charge is -2.25. The molecule has 1 heterocycles. The van der Waals surface area contributed by atoms with Gasteiger partial charge in [-0.2, -0.15) is 5.26 Å². The third-order valence-corrected chi connectivity index (χ3v) is 10.5. The number of rotatable bonds is 20. The van der Waals surface area contributed by atoms with Crippen LogP contribution in [0.3, 0.4) is 0 Å². The van der Waals surface area contributed by atoms with Gasteiger partial charge < -0.3 is 34.6 Å². The normalized spacial score (nSPS) is 13.1. The van der Waals surface area contributed by atoms with Crippen LogP contribution in [0.25, 0.3) is 22.3 Å². The van der Waals surface area contributed by atoms with E-state index in [0.29, 0.717) is 44.5 Å². The summed E-state index contributed by atoms with van der Waals surface area (Å²) >= 11 is 6.79. The van der Waals surface area contributed by atoms with Crippen molar-refractivity contribution in [2.45, 2.75) is 58.5 Å². The molecular formula is C45H47ClN4O9. The minimum atomic E-state index is -1.60. The molecule has 0 saturated heterocycles. The van der Waals surface area contributed by atoms with E-state index in [-0.39, 0.29) is 32.9 Å². The van der Waals surface area contributed by atoms with Gasteiger partial charge in [0.15, 0.2) is 0 Å². The van der Waals surface area contributed by atoms with Gasteiger partial charge in [0.2, 0.25) is 0 Å². The molecule has 308 valence electrons. The van der Waals surface area contributed by atoms with Crippen LogP contribution < -0.4 is 24.8 Å². The van der Waals surface area contributed by atoms with Crippen molar-refractivity contribution in [1.29, 1.82) is 5.26 Å². The van der Waals surface area contributed by atoms with Crippen LogP contribution in [0.15, 0.2) is 91.3 Å². The summed E-state index contributed by atoms with van der Waals surface area (Å²) < 4.78 is 18.4. The van der Waals surface area contributed by atoms with Gasteiger partial charge >= 0.3 is 11.9 Å². The minimum absolute atomic E-state index is 0.0209. The lowest BCUT2D eigenvalue weighted by Crippen LogP contribution is -2.53. The van der Waals surface area contributed by atoms with Gasteiger partial charge in [-0.3, -0.25) is 25.2 Å². The zero-order chi connectivity index (χ0) is 42.7. The fourth-order valence-electron chi connectivity index (χ4n) is 6.18. The van der Waals surface area contributed by atoms with Gasteiger partial charge in [0.05, 0.1) is 18.8 Å². The summed E-state index contributed by atoms with van der Waals surface area (Å²) in [4.78, 5) is 27.4. The molecule has 0 bridgehead atoms. The zero-order valence-corrected chi connectivity index (χ0v) is 34.0. The van der Waals surface area contributed by atoms with Crippen molar-refractivity contribution < 1.29 is 44.2 Å². The van der Waals surface area contributed by atoms with Crippen molar-refractivity contribution in [2.24, 2.45) is 0 Å². The number of aliphatic hydroxyl groups excluding tert-OH is 2. The molecule has 14 heteroatoms. The van der Waals surface area contributed by atoms with Gasteiger partial charge in [0.1, 0.15) is 54.2 Å². The van der Waals surface area contributed by atoms with Crippen LogP contribution in [0.2, 0.25) is 5.02 Å². The van der Waals surface area contributed by atoms with Gasteiger partial charge in [0, 0.05) is 47.2 Å². The first-order valence-electron chi connectivity index (χ1n) is 18.7. The smallest absolute Gasteiger partial charge is 0.326 e. The number of nitriles is 1. The molecule has 0 radical (unpaired) electrons. The molecule has 13 nitrogen and oxygen atoms in total. The molecule has 4 aromatic carbocycles. The molecule has 1 aromatic heterocycles. The maximum absolute atomic E-state index is 11.9. The second kappa shape index (κ2) is 19.6. The predicted molar refractivity (Wildman–Crippen MR) is 222 cm³/mol. The third-order valence-electron chi connectivity index (χ3n) is 10.1. The number of nitrogens with one attached hydrogen (secondary N) is 2. The molecular weight excluding hydrogens is 776 g/mol. The monoisotopic (exact) mass is 822 g/mol. The van der Waals surface area contributed by atoms with Crippen LogP contribution >= 0.6 is 11.6 Å². The van der Waals surface area contributed by atoms with Gasteiger partial charge in [-0.25, -0.2) is 0 Å². The second-order valence-corrected chi connectivity index (χ2v) is 14.9. The molecule has 59 heavy (non-hydrogen) atoms. The van der Waals surface area contributed by atoms with Gasteiger partial charge in [-0.1, -0.05) is 54.1 Å². The minimum Gasteiger partial charge on any atom is -0.492 e. The molecule has 0 fully saturated rings. The number of aromatic nitrogens is 1. The first kappa shape index (κ1) is 44.1. The summed E-state index contributed by atoms with van der Waals surface area (Å²) in [6, 6.07) is 26.8. The molecule has 0 aliphatic rings. The number of carboxylic acid groups (broad SMARTS) is 2. The average molecular weight is 823 g/mol. The summed E-state index contributed by atoms with van der Waals surface area (Å²) in [7, 11) is 0. The van der Waals surface area contributed by atoms with Crippen LogP contribution in [-0.4, -0.2) is 74.8 Å². The number of nitrogens with zero attached hydrogens (tertiary/aromatic N) is 2. The van der Waals surface area contributed by atoms with E-state index in [2.05, 4.69) is 40.7 Å². The third kappa shape index (κ3) is 10.7. The van der Waals surface area contributed by atoms with E-state index in [1.807, 2.05) is 55.5 Å². The summed E-state index contributed by atoms with van der Waals surface area (Å²) in [5, 5.41) is 53.6. The van der Waals surface area contributed by atoms with Crippen molar-refractivity contribution in [1.82, 2.24) is 15.6 Å². The summed E-state index contributed by atoms with van der Waals surface area (Å²) in [5.74, 6) is -0.674. The fraction of sp³-hybridized carbons (Fsp3) is 0.289. The Bertz CT molecular complexity index is 2330. The Hall–Kier alpha value is -6.01. The standard InChI is InChI=1S/C45H47ClN4O9/c1-28-36(32-11-13-35(14-12-32)57-16-15-49-44(3,26-51)42(53)54)7-5-8-37(28)38-9-6-10-40(29(38)2)59-25-34-19-41(58-24-31-17-30(20-47)21-48-22-31)33(18-39(34)46)23-50-45(4,27-52)43(55)56/h5-14,17-19,21-22,49-52H,15-16,23-27H2,1-4H3,(H,53,54)(H,55,56). The second-order valence-electron chi connectivity index (χ2n) is 14.5. The Morgan fingerprint density at radius 2 is 1.39 bits per heavy atom. The SMILES string of the molecule is Cc1c(OCc2cc(OCc3cncc(C#N)c3)c(CNC(C)(CO)C(=O)O)cc2Cl)cccc1-c1cccc(-c2ccc(OCCNC(C)(CO)C(=O)O)cc2)c1C. The maximum atomic E-state index is 11.9. The Labute approximate surface area is 347 Å². The van der Waals surface area contributed by atoms with E-state index < -0.39 is 36.2 Å². The number of benzene rings is 4. The highest BCUT2D eigenvalue weighted by Crippen LogP contribution is 2.37. The summed E-state index contributed by atoms with van der Waals surface area (Å²) in [6.45, 7) is 6.31. The topological polar surface area (TPSA) is 203 Å². The number of aliphatic carboxylic acids is 2. The number of halogens is 1. The molecule has 0 spiro atoms. The Balaban J connectivity index is 1.33. The van der Waals surface area contributed by atoms with Crippen molar-refractivity contribution >= 4 is 23.5 Å². The quantitative estimate of drug-likeness (QED) is 0.0469. The highest BCUT2D eigenvalue weighted by atomic mass is 35.5. The molecule has 0 saturated carbocycles. The predicted octanol–water partition coefficient (Wildman–Crippen LogP) is 6.44. The average Bonchev–Trinajstić information content (AvgIpc) is 3.24. The number of hydrogen-bond acceptors (Lipinski definition) is 11. The van der Waals surface area contributed by atoms with E-state index in [0.717, 1.165) is 33.4 Å². The van der Waals surface area contributed by atoms with Gasteiger partial charge in [-0.15, -0.1) is 0 Å². The molecule has 5 aromatic rings. The van der Waals surface area contributed by atoms with Crippen molar-refractivity contribution in [3.63, 3.8) is 0 Å². The highest BCUT2D eigenvalue weighted by Gasteiger charge is 2.33. The molecule has 2 unspecified atom stereocenters. The Morgan fingerprint density at radius 1 is 0.763 bits per heavy atom. The molecule has 2 atom stereocenters. The number of aliphatic hydroxyl groups is 2. The van der Waals surface area contributed by atoms with Gasteiger partial charge in [0.25, 0.3) is 0 Å². The Kier molecular flexibility index (Phi) is 14.7. The number of ether oxygens (including phenoxy) is 3. The van der Waals surface area contributed by atoms with Crippen LogP contribution in [0.1, 0.15) is 47.2 Å². The number of hydrogen-bond donors (Lipinski definition) is 6. The van der Waals surface area contributed by atoms with E-state index in [4.69, 9.17) is 25.8 Å². The molecule has 5 rings (SSSR count). The number of carbonyl (C=O) groups is 2. The van der Waals surface area contributed by atoms with Crippen molar-refractivity contribution in [2.75, 3.05) is 26.4 Å². The maximum Gasteiger partial charge on any atom is 0.326 e. The van der Waals surface area contributed by atoms with E-state index in [1.54, 1.807) is 24.4 Å². The largest absolute Gasteiger partial charge is 0.492 e. The van der Waals surface area contributed by atoms with Crippen LogP contribution in [0.5, 0.6) is 17.2 Å². The van der Waals surface area contributed by atoms with Crippen LogP contribution in [0.4, 0.5) is 0 Å². The lowest BCUT2D eigenvalue weighted by atomic mass is 9.90. The number of pyridine rings is 1. The molecule has 0 amide bonds. The van der Waals surface area contributed by atoms with Crippen molar-refractivity contribution in [3.05, 3.63) is 130 Å². The van der Waals surface area contributed by atoms with E-state index in [9.17, 15) is 35.3 Å². The molecule has 6 N–H and O–H groups in total. The zero-order valence-electron chi connectivity index (χ0n) is 33.2. The van der Waals surface area contributed by atoms with Crippen LogP contribution in [0, 0.1) is 25.2 Å². The fourth-order valence-corrected chi connectivity index (χ4v) is 6.42. The summed E-state index contributed by atoms with van der Waals surface area (Å²) in [5.41, 5.74) is 5.18. The lowest BCUT2D eigenvalue weighted by molar-refractivity contribution is -0.146. The first-order chi connectivity index (χ1) is 28.2. The number of carboxylic acids is 2. The van der Waals surface area contributed by atoms with Gasteiger partial charge in [-0.05, 0) is 97.5 Å². The summed E-state index contributed by atoms with van der Waals surface area (Å²) in [6.07, 6.45) is 3.04.